The first-order valence-corrected chi connectivity index (χ1v) is 22.1. The van der Waals surface area contributed by atoms with E-state index in [4.69, 9.17) is 18.7 Å². The first-order chi connectivity index (χ1) is 22.5. The molecule has 4 N–H and O–H groups in total. The predicted molar refractivity (Wildman–Crippen MR) is 170 cm³/mol. The van der Waals surface area contributed by atoms with Crippen LogP contribution in [0, 0.1) is 0 Å². The largest absolute Gasteiger partial charge is 0.490 e. The molecule has 9 unspecified atom stereocenters. The summed E-state index contributed by atoms with van der Waals surface area (Å²) in [5, 5.41) is 0.506. The Morgan fingerprint density at radius 3 is 2.21 bits per heavy atom. The van der Waals surface area contributed by atoms with Crippen LogP contribution in [0.1, 0.15) is 51.3 Å². The maximum absolute atomic E-state index is 13.0. The molecule has 2 aliphatic rings. The molecule has 0 bridgehead atoms. The molecule has 0 saturated carbocycles. The third kappa shape index (κ3) is 11.7. The minimum Gasteiger partial charge on any atom is -0.346 e. The van der Waals surface area contributed by atoms with E-state index in [0.717, 1.165) is 17.7 Å². The van der Waals surface area contributed by atoms with Crippen LogP contribution in [-0.2, 0) is 56.3 Å². The van der Waals surface area contributed by atoms with Gasteiger partial charge in [0.15, 0.2) is 12.5 Å². The first kappa shape index (κ1) is 39.7. The number of phosphoric ester groups is 1. The Kier molecular flexibility index (Phi) is 14.0. The Balaban J connectivity index is 1.44. The average molecular weight is 779 g/mol. The van der Waals surface area contributed by atoms with Crippen molar-refractivity contribution in [3.8, 4) is 0 Å². The van der Waals surface area contributed by atoms with Crippen molar-refractivity contribution >= 4 is 42.8 Å². The van der Waals surface area contributed by atoms with Crippen molar-refractivity contribution in [3.05, 3.63) is 58.6 Å². The van der Waals surface area contributed by atoms with Crippen LogP contribution in [0.2, 0.25) is 0 Å². The van der Waals surface area contributed by atoms with Crippen LogP contribution >= 0.6 is 42.8 Å². The molecule has 2 aliphatic heterocycles. The lowest BCUT2D eigenvalue weighted by molar-refractivity contribution is -0.153. The smallest absolute Gasteiger partial charge is 0.346 e. The molecule has 2 aromatic rings. The quantitative estimate of drug-likeness (QED) is 0.0854. The molecular weight excluding hydrogens is 740 g/mol. The van der Waals surface area contributed by atoms with E-state index in [0.29, 0.717) is 24.3 Å². The maximum atomic E-state index is 13.0. The number of aryl methyl sites for hydroxylation is 1. The van der Waals surface area contributed by atoms with Crippen molar-refractivity contribution in [2.75, 3.05) is 18.5 Å². The lowest BCUT2D eigenvalue weighted by atomic mass is 10.1. The molecule has 270 valence electrons. The van der Waals surface area contributed by atoms with E-state index in [-0.39, 0.29) is 6.42 Å². The molecule has 18 nitrogen and oxygen atoms in total. The molecule has 9 atom stereocenters. The average Bonchev–Trinajstić information content (AvgIpc) is 3.55. The highest BCUT2D eigenvalue weighted by molar-refractivity contribution is 7.99. The third-order valence-corrected chi connectivity index (χ3v) is 14.4. The van der Waals surface area contributed by atoms with Gasteiger partial charge in [0.1, 0.15) is 23.3 Å². The van der Waals surface area contributed by atoms with E-state index < -0.39 is 80.4 Å². The van der Waals surface area contributed by atoms with E-state index in [1.54, 1.807) is 13.0 Å². The van der Waals surface area contributed by atoms with Crippen LogP contribution in [0.25, 0.3) is 0 Å². The van der Waals surface area contributed by atoms with Gasteiger partial charge in [-0.1, -0.05) is 50.6 Å². The number of nitrogens with zero attached hydrogens (tertiary/aromatic N) is 2. The summed E-state index contributed by atoms with van der Waals surface area (Å²) in [5.74, 6) is 0.750. The summed E-state index contributed by atoms with van der Waals surface area (Å²) in [6, 6.07) is 11.1. The predicted octanol–water partition coefficient (Wildman–Crippen LogP) is 4.74. The summed E-state index contributed by atoms with van der Waals surface area (Å²) in [4.78, 5) is 56.5. The summed E-state index contributed by atoms with van der Waals surface area (Å²) in [6.07, 6.45) is -1.63. The minimum absolute atomic E-state index is 0.115. The zero-order chi connectivity index (χ0) is 35.2. The van der Waals surface area contributed by atoms with Gasteiger partial charge in [-0.25, -0.2) is 22.8 Å². The van der Waals surface area contributed by atoms with Gasteiger partial charge >= 0.3 is 36.8 Å². The van der Waals surface area contributed by atoms with Gasteiger partial charge in [0, 0.05) is 12.6 Å². The van der Waals surface area contributed by atoms with Gasteiger partial charge in [0.2, 0.25) is 0 Å². The highest BCUT2D eigenvalue weighted by atomic mass is 32.2. The Bertz CT molecular complexity index is 1630. The second-order valence-electron chi connectivity index (χ2n) is 10.7. The number of thioether (sulfide) groups is 1. The Labute approximate surface area is 280 Å². The van der Waals surface area contributed by atoms with Gasteiger partial charge in [-0.2, -0.15) is 13.6 Å². The molecule has 0 aliphatic carbocycles. The minimum atomic E-state index is -5.92. The summed E-state index contributed by atoms with van der Waals surface area (Å²) in [6.45, 7) is 2.84. The number of rotatable bonds is 19. The van der Waals surface area contributed by atoms with E-state index in [2.05, 4.69) is 17.9 Å². The number of ether oxygens (including phenoxy) is 3. The first-order valence-electron chi connectivity index (χ1n) is 14.8. The molecule has 2 saturated heterocycles. The molecule has 23 heteroatoms. The van der Waals surface area contributed by atoms with Crippen LogP contribution in [0.15, 0.2) is 52.4 Å². The topological polar surface area (TPSA) is 249 Å². The molecule has 0 radical (unpaired) electrons. The maximum Gasteiger partial charge on any atom is 0.490 e. The van der Waals surface area contributed by atoms with Gasteiger partial charge in [-0.05, 0) is 36.6 Å². The second-order valence-corrected chi connectivity index (χ2v) is 18.6. The molecular formula is C25H38N2O16P4S. The lowest BCUT2D eigenvalue weighted by Crippen LogP contribution is -2.34. The number of hydrogen-bond acceptors (Lipinski definition) is 14. The molecule has 2 fully saturated rings. The van der Waals surface area contributed by atoms with Crippen molar-refractivity contribution in [1.29, 1.82) is 0 Å². The summed E-state index contributed by atoms with van der Waals surface area (Å²) in [7, 11) is -22.0. The normalized spacial score (nSPS) is 27.4. The molecule has 48 heavy (non-hydrogen) atoms. The van der Waals surface area contributed by atoms with Crippen molar-refractivity contribution in [3.63, 3.8) is 0 Å². The third-order valence-electron chi connectivity index (χ3n) is 6.79. The van der Waals surface area contributed by atoms with Gasteiger partial charge in [0.05, 0.1) is 12.8 Å². The molecule has 3 heterocycles. The highest BCUT2D eigenvalue weighted by Gasteiger charge is 2.54. The van der Waals surface area contributed by atoms with Gasteiger partial charge in [-0.15, -0.1) is 11.8 Å². The lowest BCUT2D eigenvalue weighted by Gasteiger charge is -2.23. The van der Waals surface area contributed by atoms with Crippen molar-refractivity contribution in [1.82, 2.24) is 9.55 Å². The second kappa shape index (κ2) is 17.0. The van der Waals surface area contributed by atoms with Gasteiger partial charge in [0.25, 0.3) is 0 Å². The Morgan fingerprint density at radius 1 is 0.875 bits per heavy atom. The number of hydrogen-bond donors (Lipinski definition) is 4. The van der Waals surface area contributed by atoms with E-state index in [1.165, 1.54) is 22.5 Å². The number of unbranched alkanes of at least 4 members (excludes halogenated alkanes) is 1. The van der Waals surface area contributed by atoms with Gasteiger partial charge < -0.3 is 33.8 Å². The fraction of sp³-hybridized carbons (Fsp3) is 0.600. The summed E-state index contributed by atoms with van der Waals surface area (Å²) in [5.41, 5.74) is 0.370. The zero-order valence-corrected chi connectivity index (χ0v) is 30.3. The fourth-order valence-corrected chi connectivity index (χ4v) is 11.2. The van der Waals surface area contributed by atoms with Crippen molar-refractivity contribution in [2.45, 2.75) is 81.8 Å². The van der Waals surface area contributed by atoms with Crippen molar-refractivity contribution in [2.24, 2.45) is 0 Å². The van der Waals surface area contributed by atoms with E-state index >= 15 is 0 Å². The van der Waals surface area contributed by atoms with Crippen LogP contribution in [0.4, 0.5) is 0 Å². The van der Waals surface area contributed by atoms with Crippen LogP contribution in [-0.4, -0.2) is 72.2 Å². The molecule has 1 aromatic carbocycles. The summed E-state index contributed by atoms with van der Waals surface area (Å²) < 4.78 is 85.3. The van der Waals surface area contributed by atoms with E-state index in [9.17, 15) is 42.6 Å². The standard InChI is InChI=1S/C25H38N2O16P4S/c1-3-5-15-44(29,30)41-46(33,34)43-47(35,36)42-45(31,32)37-17-19-22-23(40-21(39-22)12-11-18-9-7-6-8-10-18)24(38-19)27-14-13-20(26-25(27)28)48-16-4-2/h6-10,13-14,19,21-24H,3-5,11-12,15-17H2,1-2H3,(H,29,30)(H,31,32)(H,33,34)(H,35,36). The van der Waals surface area contributed by atoms with Gasteiger partial charge in [-0.3, -0.25) is 13.7 Å². The Hall–Kier alpha value is -1.07. The highest BCUT2D eigenvalue weighted by Crippen LogP contribution is 2.71. The molecule has 0 amide bonds. The Morgan fingerprint density at radius 2 is 1.54 bits per heavy atom. The SMILES string of the molecule is CCCCP(=O)(O)OP(=O)(O)OP(=O)(O)OP(=O)(O)OCC1OC(n2ccc(SCCC)nc2=O)C2OC(CCc3ccccc3)OC12. The van der Waals surface area contributed by atoms with Crippen LogP contribution < -0.4 is 5.69 Å². The molecule has 0 spiro atoms. The fourth-order valence-electron chi connectivity index (χ4n) is 4.74. The van der Waals surface area contributed by atoms with Crippen molar-refractivity contribution < 1.29 is 69.5 Å². The molecule has 4 rings (SSSR count). The number of aromatic nitrogens is 2. The monoisotopic (exact) mass is 778 g/mol. The molecule has 1 aromatic heterocycles. The van der Waals surface area contributed by atoms with Crippen LogP contribution in [0.3, 0.4) is 0 Å². The number of benzene rings is 1. The number of phosphoric acid groups is 3. The summed E-state index contributed by atoms with van der Waals surface area (Å²) >= 11 is 1.40. The number of fused-ring (bicyclic) bond motifs is 1. The van der Waals surface area contributed by atoms with E-state index in [1.807, 2.05) is 37.3 Å². The van der Waals surface area contributed by atoms with Crippen LogP contribution in [0.5, 0.6) is 0 Å². The zero-order valence-electron chi connectivity index (χ0n) is 25.9.